The highest BCUT2D eigenvalue weighted by molar-refractivity contribution is 5.94. The van der Waals surface area contributed by atoms with Crippen LogP contribution in [0.5, 0.6) is 0 Å². The smallest absolute Gasteiger partial charge is 0.159 e. The summed E-state index contributed by atoms with van der Waals surface area (Å²) >= 11 is 0. The van der Waals surface area contributed by atoms with Gasteiger partial charge < -0.3 is 4.98 Å². The molecule has 0 bridgehead atoms. The van der Waals surface area contributed by atoms with Crippen LogP contribution in [0.15, 0.2) is 61.2 Å². The summed E-state index contributed by atoms with van der Waals surface area (Å²) < 4.78 is 13.5. The molecule has 0 amide bonds. The quantitative estimate of drug-likeness (QED) is 0.633. The summed E-state index contributed by atoms with van der Waals surface area (Å²) in [6.45, 7) is 8.00. The predicted molar refractivity (Wildman–Crippen MR) is 103 cm³/mol. The first-order valence-electron chi connectivity index (χ1n) is 8.93. The lowest BCUT2D eigenvalue weighted by Gasteiger charge is -2.43. The normalized spacial score (nSPS) is 21.3. The molecule has 1 aromatic heterocycles. The number of para-hydroxylation sites is 1. The van der Waals surface area contributed by atoms with E-state index in [4.69, 9.17) is 0 Å². The van der Waals surface area contributed by atoms with Crippen LogP contribution in [0.25, 0.3) is 10.9 Å². The van der Waals surface area contributed by atoms with Crippen molar-refractivity contribution in [3.63, 3.8) is 0 Å². The number of nitrogens with one attached hydrogen (secondary N) is 1. The number of benzene rings is 2. The molecule has 1 N–H and O–H groups in total. The van der Waals surface area contributed by atoms with Crippen molar-refractivity contribution in [1.82, 2.24) is 4.98 Å². The molecule has 2 nitrogen and oxygen atoms in total. The second kappa shape index (κ2) is 5.94. The molecule has 0 saturated heterocycles. The summed E-state index contributed by atoms with van der Waals surface area (Å²) in [6, 6.07) is 14.8. The summed E-state index contributed by atoms with van der Waals surface area (Å²) in [4.78, 5) is 16.4. The predicted octanol–water partition coefficient (Wildman–Crippen LogP) is 5.39. The topological polar surface area (TPSA) is 32.9 Å². The number of fused-ring (bicyclic) bond motifs is 3. The number of carbonyl (C=O) groups is 1. The van der Waals surface area contributed by atoms with Crippen LogP contribution in [0.1, 0.15) is 36.6 Å². The van der Waals surface area contributed by atoms with Crippen LogP contribution in [-0.4, -0.2) is 10.8 Å². The average Bonchev–Trinajstić information content (AvgIpc) is 2.98. The van der Waals surface area contributed by atoms with Gasteiger partial charge in [0.05, 0.1) is 0 Å². The molecule has 4 rings (SSSR count). The number of H-pyrrole nitrogens is 1. The molecule has 132 valence electrons. The van der Waals surface area contributed by atoms with Crippen LogP contribution in [0.4, 0.5) is 4.39 Å². The molecule has 0 fully saturated rings. The highest BCUT2D eigenvalue weighted by atomic mass is 19.1. The third kappa shape index (κ3) is 2.50. The van der Waals surface area contributed by atoms with Crippen molar-refractivity contribution in [1.29, 1.82) is 0 Å². The maximum Gasteiger partial charge on any atom is 0.159 e. The van der Waals surface area contributed by atoms with E-state index in [0.29, 0.717) is 0 Å². The summed E-state index contributed by atoms with van der Waals surface area (Å²) in [5.74, 6) is -0.626. The number of carbonyl (C=O) groups excluding carboxylic acids is 1. The maximum absolute atomic E-state index is 13.5. The number of ketones is 1. The fraction of sp³-hybridized carbons (Fsp3) is 0.261. The van der Waals surface area contributed by atoms with Crippen LogP contribution < -0.4 is 0 Å². The molecule has 0 radical (unpaired) electrons. The van der Waals surface area contributed by atoms with Gasteiger partial charge in [0, 0.05) is 28.4 Å². The molecule has 0 unspecified atom stereocenters. The van der Waals surface area contributed by atoms with Crippen molar-refractivity contribution in [2.75, 3.05) is 0 Å². The van der Waals surface area contributed by atoms with E-state index in [1.165, 1.54) is 29.2 Å². The summed E-state index contributed by atoms with van der Waals surface area (Å²) in [5.41, 5.74) is 4.12. The Hall–Kier alpha value is -2.68. The van der Waals surface area contributed by atoms with E-state index in [-0.39, 0.29) is 28.9 Å². The van der Waals surface area contributed by atoms with Crippen molar-refractivity contribution in [3.05, 3.63) is 83.8 Å². The Morgan fingerprint density at radius 2 is 1.88 bits per heavy atom. The molecular formula is C23H22FNO. The lowest BCUT2D eigenvalue weighted by Crippen LogP contribution is -2.41. The van der Waals surface area contributed by atoms with Gasteiger partial charge in [-0.05, 0) is 47.2 Å². The maximum atomic E-state index is 13.5. The minimum Gasteiger partial charge on any atom is -0.358 e. The molecule has 1 aliphatic rings. The van der Waals surface area contributed by atoms with Crippen LogP contribution >= 0.6 is 0 Å². The van der Waals surface area contributed by atoms with E-state index in [9.17, 15) is 9.18 Å². The molecular weight excluding hydrogens is 325 g/mol. The van der Waals surface area contributed by atoms with Crippen LogP contribution in [0.3, 0.4) is 0 Å². The number of aromatic amines is 1. The van der Waals surface area contributed by atoms with Gasteiger partial charge >= 0.3 is 0 Å². The van der Waals surface area contributed by atoms with E-state index < -0.39 is 0 Å². The molecule has 0 aliphatic heterocycles. The van der Waals surface area contributed by atoms with Crippen molar-refractivity contribution < 1.29 is 9.18 Å². The molecule has 2 aromatic carbocycles. The molecule has 1 aliphatic carbocycles. The SMILES string of the molecule is C=CC(=O)[C@@H]1[C@@H](c2ccc(F)cc2)c2[nH]c3ccccc3c2CC1(C)C. The fourth-order valence-electron chi connectivity index (χ4n) is 4.57. The minimum absolute atomic E-state index is 0.0358. The first kappa shape index (κ1) is 16.8. The van der Waals surface area contributed by atoms with Crippen LogP contribution in [0, 0.1) is 17.2 Å². The monoisotopic (exact) mass is 347 g/mol. The van der Waals surface area contributed by atoms with Gasteiger partial charge in [0.2, 0.25) is 0 Å². The Kier molecular flexibility index (Phi) is 3.83. The second-order valence-electron chi connectivity index (χ2n) is 7.84. The first-order chi connectivity index (χ1) is 12.4. The van der Waals surface area contributed by atoms with Crippen molar-refractivity contribution in [3.8, 4) is 0 Å². The summed E-state index contributed by atoms with van der Waals surface area (Å²) in [6.07, 6.45) is 2.24. The van der Waals surface area contributed by atoms with Crippen molar-refractivity contribution in [2.45, 2.75) is 26.2 Å². The van der Waals surface area contributed by atoms with E-state index in [1.807, 2.05) is 12.1 Å². The zero-order valence-electron chi connectivity index (χ0n) is 15.1. The molecule has 26 heavy (non-hydrogen) atoms. The Bertz CT molecular complexity index is 997. The number of aromatic nitrogens is 1. The Balaban J connectivity index is 2.00. The molecule has 3 heteroatoms. The third-order valence-electron chi connectivity index (χ3n) is 5.70. The standard InChI is InChI=1S/C23H22FNO/c1-4-19(26)21-20(14-9-11-15(24)12-10-14)22-17(13-23(21,2)3)16-7-5-6-8-18(16)25-22/h4-12,20-21,25H,1,13H2,2-3H3/t20-,21-/m1/s1. The Morgan fingerprint density at radius 3 is 2.58 bits per heavy atom. The highest BCUT2D eigenvalue weighted by Gasteiger charge is 2.46. The number of hydrogen-bond donors (Lipinski definition) is 1. The first-order valence-corrected chi connectivity index (χ1v) is 8.93. The zero-order valence-corrected chi connectivity index (χ0v) is 15.1. The van der Waals surface area contributed by atoms with E-state index in [0.717, 1.165) is 23.2 Å². The Labute approximate surface area is 152 Å². The van der Waals surface area contributed by atoms with Crippen molar-refractivity contribution >= 4 is 16.7 Å². The second-order valence-corrected chi connectivity index (χ2v) is 7.84. The van der Waals surface area contributed by atoms with Gasteiger partial charge in [0.1, 0.15) is 5.82 Å². The summed E-state index contributed by atoms with van der Waals surface area (Å²) in [5, 5.41) is 1.20. The van der Waals surface area contributed by atoms with Gasteiger partial charge in [-0.15, -0.1) is 0 Å². The number of allylic oxidation sites excluding steroid dienone is 1. The highest BCUT2D eigenvalue weighted by Crippen LogP contribution is 2.51. The van der Waals surface area contributed by atoms with E-state index in [2.05, 4.69) is 37.5 Å². The molecule has 0 saturated carbocycles. The van der Waals surface area contributed by atoms with E-state index in [1.54, 1.807) is 12.1 Å². The van der Waals surface area contributed by atoms with E-state index >= 15 is 0 Å². The van der Waals surface area contributed by atoms with Gasteiger partial charge in [-0.3, -0.25) is 4.79 Å². The van der Waals surface area contributed by atoms with Crippen LogP contribution in [-0.2, 0) is 11.2 Å². The zero-order chi connectivity index (χ0) is 18.5. The van der Waals surface area contributed by atoms with Crippen molar-refractivity contribution in [2.24, 2.45) is 11.3 Å². The third-order valence-corrected chi connectivity index (χ3v) is 5.70. The number of rotatable bonds is 3. The molecule has 0 spiro atoms. The average molecular weight is 347 g/mol. The van der Waals surface area contributed by atoms with Gasteiger partial charge in [-0.1, -0.05) is 50.8 Å². The van der Waals surface area contributed by atoms with Gasteiger partial charge in [-0.2, -0.15) is 0 Å². The molecule has 3 aromatic rings. The van der Waals surface area contributed by atoms with Crippen LogP contribution in [0.2, 0.25) is 0 Å². The number of halogens is 1. The summed E-state index contributed by atoms with van der Waals surface area (Å²) in [7, 11) is 0. The van der Waals surface area contributed by atoms with Gasteiger partial charge in [0.15, 0.2) is 5.78 Å². The lowest BCUT2D eigenvalue weighted by molar-refractivity contribution is -0.122. The molecule has 1 heterocycles. The lowest BCUT2D eigenvalue weighted by atomic mass is 9.60. The fourth-order valence-corrected chi connectivity index (χ4v) is 4.57. The Morgan fingerprint density at radius 1 is 1.19 bits per heavy atom. The number of hydrogen-bond acceptors (Lipinski definition) is 1. The van der Waals surface area contributed by atoms with Gasteiger partial charge in [-0.25, -0.2) is 4.39 Å². The van der Waals surface area contributed by atoms with Gasteiger partial charge in [0.25, 0.3) is 0 Å². The largest absolute Gasteiger partial charge is 0.358 e. The minimum atomic E-state index is -0.271. The molecule has 2 atom stereocenters.